The summed E-state index contributed by atoms with van der Waals surface area (Å²) in [4.78, 5) is 36.0. The largest absolute Gasteiger partial charge is 0.353 e. The number of aromatic nitrogens is 1. The van der Waals surface area contributed by atoms with Gasteiger partial charge in [0.25, 0.3) is 11.5 Å². The zero-order valence-electron chi connectivity index (χ0n) is 9.47. The molecular weight excluding hydrogens is 222 g/mol. The highest BCUT2D eigenvalue weighted by Crippen LogP contribution is 2.03. The van der Waals surface area contributed by atoms with Crippen molar-refractivity contribution in [1.29, 1.82) is 0 Å². The number of piperazine rings is 1. The summed E-state index contributed by atoms with van der Waals surface area (Å²) in [6.45, 7) is 0.975. The average Bonchev–Trinajstić information content (AvgIpc) is 2.32. The van der Waals surface area contributed by atoms with Crippen molar-refractivity contribution >= 4 is 11.8 Å². The molecule has 1 fully saturated rings. The fourth-order valence-corrected chi connectivity index (χ4v) is 1.68. The highest BCUT2D eigenvalue weighted by Gasteiger charge is 2.22. The Kier molecular flexibility index (Phi) is 2.95. The normalized spacial score (nSPS) is 15.6. The minimum absolute atomic E-state index is 0.0496. The first-order valence-electron chi connectivity index (χ1n) is 5.30. The molecule has 0 atom stereocenters. The monoisotopic (exact) mass is 235 g/mol. The first-order chi connectivity index (χ1) is 8.08. The lowest BCUT2D eigenvalue weighted by Crippen LogP contribution is -2.50. The number of hydrogen-bond donors (Lipinski definition) is 1. The van der Waals surface area contributed by atoms with E-state index in [0.717, 1.165) is 0 Å². The van der Waals surface area contributed by atoms with Crippen molar-refractivity contribution in [3.05, 3.63) is 34.2 Å². The molecule has 2 heterocycles. The van der Waals surface area contributed by atoms with Crippen LogP contribution in [0, 0.1) is 0 Å². The summed E-state index contributed by atoms with van der Waals surface area (Å²) in [6, 6.07) is 2.87. The Morgan fingerprint density at radius 3 is 2.82 bits per heavy atom. The molecule has 0 spiro atoms. The van der Waals surface area contributed by atoms with Crippen LogP contribution in [0.2, 0.25) is 0 Å². The Morgan fingerprint density at radius 2 is 2.18 bits per heavy atom. The molecule has 2 rings (SSSR count). The second-order valence-electron chi connectivity index (χ2n) is 3.94. The van der Waals surface area contributed by atoms with Crippen LogP contribution < -0.4 is 10.9 Å². The molecule has 90 valence electrons. The summed E-state index contributed by atoms with van der Waals surface area (Å²) in [6.07, 6.45) is 1.54. The molecule has 0 unspecified atom stereocenters. The summed E-state index contributed by atoms with van der Waals surface area (Å²) in [5, 5.41) is 2.64. The first-order valence-corrected chi connectivity index (χ1v) is 5.30. The summed E-state index contributed by atoms with van der Waals surface area (Å²) < 4.78 is 1.39. The van der Waals surface area contributed by atoms with Gasteiger partial charge < -0.3 is 14.8 Å². The lowest BCUT2D eigenvalue weighted by Gasteiger charge is -2.26. The third-order valence-electron chi connectivity index (χ3n) is 2.68. The van der Waals surface area contributed by atoms with Gasteiger partial charge in [-0.2, -0.15) is 0 Å². The maximum atomic E-state index is 12.0. The highest BCUT2D eigenvalue weighted by atomic mass is 16.2. The molecule has 0 bridgehead atoms. The molecule has 1 saturated heterocycles. The molecule has 2 amide bonds. The van der Waals surface area contributed by atoms with Crippen LogP contribution in [0.25, 0.3) is 0 Å². The van der Waals surface area contributed by atoms with Crippen LogP contribution in [-0.2, 0) is 11.8 Å². The molecular formula is C11H13N3O3. The smallest absolute Gasteiger partial charge is 0.254 e. The molecule has 0 aliphatic carbocycles. The van der Waals surface area contributed by atoms with Crippen LogP contribution in [0.4, 0.5) is 0 Å². The molecule has 1 aliphatic rings. The Morgan fingerprint density at radius 1 is 1.41 bits per heavy atom. The molecule has 17 heavy (non-hydrogen) atoms. The Labute approximate surface area is 97.8 Å². The number of nitrogens with one attached hydrogen (secondary N) is 1. The van der Waals surface area contributed by atoms with E-state index < -0.39 is 0 Å². The number of carbonyl (C=O) groups excluding carboxylic acids is 2. The van der Waals surface area contributed by atoms with Gasteiger partial charge in [0.2, 0.25) is 5.91 Å². The van der Waals surface area contributed by atoms with Gasteiger partial charge in [-0.05, 0) is 6.07 Å². The molecule has 1 aromatic rings. The van der Waals surface area contributed by atoms with Crippen molar-refractivity contribution < 1.29 is 9.59 Å². The van der Waals surface area contributed by atoms with E-state index >= 15 is 0 Å². The van der Waals surface area contributed by atoms with Gasteiger partial charge in [-0.1, -0.05) is 0 Å². The van der Waals surface area contributed by atoms with Gasteiger partial charge in [0, 0.05) is 38.0 Å². The molecule has 0 saturated carbocycles. The maximum Gasteiger partial charge on any atom is 0.254 e. The van der Waals surface area contributed by atoms with Crippen LogP contribution in [-0.4, -0.2) is 40.9 Å². The first kappa shape index (κ1) is 11.4. The van der Waals surface area contributed by atoms with Gasteiger partial charge in [-0.3, -0.25) is 14.4 Å². The molecule has 0 radical (unpaired) electrons. The predicted molar refractivity (Wildman–Crippen MR) is 60.6 cm³/mol. The van der Waals surface area contributed by atoms with Crippen LogP contribution in [0.1, 0.15) is 10.4 Å². The number of pyridine rings is 1. The minimum Gasteiger partial charge on any atom is -0.353 e. The van der Waals surface area contributed by atoms with Gasteiger partial charge in [0.1, 0.15) is 0 Å². The van der Waals surface area contributed by atoms with Crippen molar-refractivity contribution in [2.45, 2.75) is 0 Å². The van der Waals surface area contributed by atoms with Gasteiger partial charge in [0.15, 0.2) is 0 Å². The Bertz CT molecular complexity index is 521. The van der Waals surface area contributed by atoms with Crippen LogP contribution in [0.15, 0.2) is 23.1 Å². The third kappa shape index (κ3) is 2.35. The van der Waals surface area contributed by atoms with Crippen molar-refractivity contribution in [2.75, 3.05) is 19.6 Å². The zero-order valence-corrected chi connectivity index (χ0v) is 9.47. The SMILES string of the molecule is Cn1ccc(C(=O)N2CCNC(=O)C2)cc1=O. The van der Waals surface area contributed by atoms with Gasteiger partial charge in [0.05, 0.1) is 6.54 Å². The second kappa shape index (κ2) is 4.40. The number of nitrogens with zero attached hydrogens (tertiary/aromatic N) is 2. The number of aryl methyl sites for hydroxylation is 1. The van der Waals surface area contributed by atoms with E-state index in [2.05, 4.69) is 5.32 Å². The number of rotatable bonds is 1. The van der Waals surface area contributed by atoms with E-state index in [1.54, 1.807) is 19.3 Å². The Balaban J connectivity index is 2.21. The highest BCUT2D eigenvalue weighted by molar-refractivity contribution is 5.96. The van der Waals surface area contributed by atoms with Gasteiger partial charge in [-0.15, -0.1) is 0 Å². The van der Waals surface area contributed by atoms with Crippen molar-refractivity contribution in [1.82, 2.24) is 14.8 Å². The standard InChI is InChI=1S/C11H13N3O3/c1-13-4-2-8(6-10(13)16)11(17)14-5-3-12-9(15)7-14/h2,4,6H,3,5,7H2,1H3,(H,12,15). The minimum atomic E-state index is -0.280. The molecule has 1 N–H and O–H groups in total. The lowest BCUT2D eigenvalue weighted by molar-refractivity contribution is -0.123. The summed E-state index contributed by atoms with van der Waals surface area (Å²) >= 11 is 0. The summed E-state index contributed by atoms with van der Waals surface area (Å²) in [5.74, 6) is -0.453. The zero-order chi connectivity index (χ0) is 12.4. The molecule has 1 aromatic heterocycles. The third-order valence-corrected chi connectivity index (χ3v) is 2.68. The van der Waals surface area contributed by atoms with Crippen LogP contribution >= 0.6 is 0 Å². The maximum absolute atomic E-state index is 12.0. The molecule has 6 heteroatoms. The van der Waals surface area contributed by atoms with Crippen molar-refractivity contribution in [3.63, 3.8) is 0 Å². The lowest BCUT2D eigenvalue weighted by atomic mass is 10.2. The van der Waals surface area contributed by atoms with E-state index in [-0.39, 0.29) is 23.9 Å². The molecule has 6 nitrogen and oxygen atoms in total. The predicted octanol–water partition coefficient (Wildman–Crippen LogP) is -1.04. The van der Waals surface area contributed by atoms with Crippen LogP contribution in [0.3, 0.4) is 0 Å². The Hall–Kier alpha value is -2.11. The van der Waals surface area contributed by atoms with E-state index in [1.807, 2.05) is 0 Å². The van der Waals surface area contributed by atoms with Crippen molar-refractivity contribution in [3.8, 4) is 0 Å². The fourth-order valence-electron chi connectivity index (χ4n) is 1.68. The van der Waals surface area contributed by atoms with Crippen molar-refractivity contribution in [2.24, 2.45) is 7.05 Å². The quantitative estimate of drug-likeness (QED) is 0.675. The average molecular weight is 235 g/mol. The topological polar surface area (TPSA) is 71.4 Å². The molecule has 0 aromatic carbocycles. The summed E-state index contributed by atoms with van der Waals surface area (Å²) in [7, 11) is 1.62. The molecule has 1 aliphatic heterocycles. The number of carbonyl (C=O) groups is 2. The second-order valence-corrected chi connectivity index (χ2v) is 3.94. The van der Waals surface area contributed by atoms with E-state index in [4.69, 9.17) is 0 Å². The van der Waals surface area contributed by atoms with E-state index in [1.165, 1.54) is 15.5 Å². The van der Waals surface area contributed by atoms with Crippen LogP contribution in [0.5, 0.6) is 0 Å². The van der Waals surface area contributed by atoms with E-state index in [0.29, 0.717) is 18.7 Å². The summed E-state index contributed by atoms with van der Waals surface area (Å²) in [5.41, 5.74) is 0.0834. The van der Waals surface area contributed by atoms with Gasteiger partial charge >= 0.3 is 0 Å². The van der Waals surface area contributed by atoms with E-state index in [9.17, 15) is 14.4 Å². The number of hydrogen-bond acceptors (Lipinski definition) is 3. The number of amides is 2. The fraction of sp³-hybridized carbons (Fsp3) is 0.364. The van der Waals surface area contributed by atoms with Gasteiger partial charge in [-0.25, -0.2) is 0 Å².